The molecule has 2 rings (SSSR count). The molecule has 0 spiro atoms. The highest BCUT2D eigenvalue weighted by molar-refractivity contribution is 8.13. The lowest BCUT2D eigenvalue weighted by Gasteiger charge is -2.37. The van der Waals surface area contributed by atoms with Crippen LogP contribution < -0.4 is 5.32 Å². The van der Waals surface area contributed by atoms with E-state index in [2.05, 4.69) is 43.0 Å². The van der Waals surface area contributed by atoms with Crippen LogP contribution in [0.25, 0.3) is 0 Å². The van der Waals surface area contributed by atoms with Crippen molar-refractivity contribution in [1.29, 1.82) is 0 Å². The number of amidine groups is 1. The van der Waals surface area contributed by atoms with Crippen LogP contribution in [0.5, 0.6) is 0 Å². The lowest BCUT2D eigenvalue weighted by Crippen LogP contribution is -2.47. The molecule has 2 aliphatic rings. The molecule has 1 N–H and O–H groups in total. The smallest absolute Gasteiger partial charge is 0.156 e. The van der Waals surface area contributed by atoms with Crippen molar-refractivity contribution in [3.8, 4) is 0 Å². The summed E-state index contributed by atoms with van der Waals surface area (Å²) in [5, 5.41) is 4.81. The molecule has 1 saturated heterocycles. The quantitative estimate of drug-likeness (QED) is 0.778. The Morgan fingerprint density at radius 2 is 2.24 bits per heavy atom. The molecule has 98 valence electrons. The predicted molar refractivity (Wildman–Crippen MR) is 76.8 cm³/mol. The molecule has 0 aliphatic carbocycles. The summed E-state index contributed by atoms with van der Waals surface area (Å²) in [5.41, 5.74) is 0.371. The van der Waals surface area contributed by atoms with Gasteiger partial charge in [-0.15, -0.1) is 0 Å². The Balaban J connectivity index is 1.84. The van der Waals surface area contributed by atoms with Gasteiger partial charge in [0.2, 0.25) is 0 Å². The fourth-order valence-electron chi connectivity index (χ4n) is 2.32. The van der Waals surface area contributed by atoms with E-state index >= 15 is 0 Å². The predicted octanol–water partition coefficient (Wildman–Crippen LogP) is 2.19. The van der Waals surface area contributed by atoms with E-state index in [9.17, 15) is 0 Å². The number of hydrogen-bond acceptors (Lipinski definition) is 4. The van der Waals surface area contributed by atoms with Crippen molar-refractivity contribution in [3.63, 3.8) is 0 Å². The zero-order valence-corrected chi connectivity index (χ0v) is 12.3. The molecule has 0 saturated carbocycles. The van der Waals surface area contributed by atoms with Crippen molar-refractivity contribution in [2.75, 3.05) is 25.9 Å². The Bertz CT molecular complexity index is 301. The Labute approximate surface area is 109 Å². The van der Waals surface area contributed by atoms with Gasteiger partial charge in [-0.05, 0) is 32.2 Å². The lowest BCUT2D eigenvalue weighted by atomic mass is 9.97. The summed E-state index contributed by atoms with van der Waals surface area (Å²) >= 11 is 1.89. The maximum atomic E-state index is 4.68. The number of nitrogens with one attached hydrogen (secondary N) is 1. The average Bonchev–Trinajstić information content (AvgIpc) is 2.27. The minimum Gasteiger partial charge on any atom is -0.362 e. The third-order valence-corrected chi connectivity index (χ3v) is 5.23. The van der Waals surface area contributed by atoms with Crippen molar-refractivity contribution in [2.24, 2.45) is 10.4 Å². The Hall–Kier alpha value is -0.220. The van der Waals surface area contributed by atoms with Gasteiger partial charge < -0.3 is 10.2 Å². The molecule has 2 heterocycles. The number of nitrogens with zero attached hydrogens (tertiary/aromatic N) is 2. The molecule has 0 aromatic rings. The van der Waals surface area contributed by atoms with Gasteiger partial charge in [0.15, 0.2) is 5.17 Å². The summed E-state index contributed by atoms with van der Waals surface area (Å²) in [4.78, 5) is 7.12. The Kier molecular flexibility index (Phi) is 4.03. The second-order valence-electron chi connectivity index (χ2n) is 6.27. The summed E-state index contributed by atoms with van der Waals surface area (Å²) in [7, 11) is 2.22. The van der Waals surface area contributed by atoms with Gasteiger partial charge in [0.05, 0.1) is 0 Å². The zero-order chi connectivity index (χ0) is 12.5. The number of aliphatic imine (C=N–C) groups is 1. The maximum Gasteiger partial charge on any atom is 0.156 e. The van der Waals surface area contributed by atoms with Crippen molar-refractivity contribution >= 4 is 16.9 Å². The first kappa shape index (κ1) is 13.2. The second-order valence-corrected chi connectivity index (χ2v) is 7.23. The lowest BCUT2D eigenvalue weighted by molar-refractivity contribution is 0.177. The summed E-state index contributed by atoms with van der Waals surface area (Å²) in [6.07, 6.45) is 2.48. The van der Waals surface area contributed by atoms with Gasteiger partial charge in [-0.3, -0.25) is 4.99 Å². The van der Waals surface area contributed by atoms with Gasteiger partial charge in [0.25, 0.3) is 0 Å². The van der Waals surface area contributed by atoms with Crippen LogP contribution in [-0.4, -0.2) is 48.0 Å². The molecule has 2 atom stereocenters. The molecule has 17 heavy (non-hydrogen) atoms. The molecule has 1 fully saturated rings. The van der Waals surface area contributed by atoms with Gasteiger partial charge in [-0.25, -0.2) is 0 Å². The summed E-state index contributed by atoms with van der Waals surface area (Å²) < 4.78 is 0. The van der Waals surface area contributed by atoms with Crippen LogP contribution in [0.2, 0.25) is 0 Å². The highest BCUT2D eigenvalue weighted by Crippen LogP contribution is 2.27. The van der Waals surface area contributed by atoms with E-state index in [-0.39, 0.29) is 0 Å². The van der Waals surface area contributed by atoms with Crippen molar-refractivity contribution in [3.05, 3.63) is 0 Å². The molecule has 0 aromatic carbocycles. The van der Waals surface area contributed by atoms with E-state index in [1.807, 2.05) is 11.8 Å². The fraction of sp³-hybridized carbons (Fsp3) is 0.923. The highest BCUT2D eigenvalue weighted by atomic mass is 32.2. The zero-order valence-electron chi connectivity index (χ0n) is 11.5. The normalized spacial score (nSPS) is 34.2. The average molecular weight is 255 g/mol. The number of rotatable bonds is 1. The van der Waals surface area contributed by atoms with E-state index in [4.69, 9.17) is 0 Å². The molecule has 4 heteroatoms. The van der Waals surface area contributed by atoms with E-state index in [0.717, 1.165) is 6.54 Å². The molecule has 2 unspecified atom stereocenters. The SMILES string of the molecule is CC1CC(NC2=NCC(C)(C)CS2)CCN1C. The molecular weight excluding hydrogens is 230 g/mol. The first-order chi connectivity index (χ1) is 7.96. The molecule has 0 bridgehead atoms. The van der Waals surface area contributed by atoms with E-state index in [1.54, 1.807) is 0 Å². The monoisotopic (exact) mass is 255 g/mol. The maximum absolute atomic E-state index is 4.68. The number of thioether (sulfide) groups is 1. The standard InChI is InChI=1S/C13H25N3S/c1-10-7-11(5-6-16(10)4)15-12-14-8-13(2,3)9-17-12/h10-11H,5-9H2,1-4H3,(H,14,15). The second kappa shape index (κ2) is 5.19. The topological polar surface area (TPSA) is 27.6 Å². The van der Waals surface area contributed by atoms with Crippen LogP contribution in [0.1, 0.15) is 33.6 Å². The largest absolute Gasteiger partial charge is 0.362 e. The first-order valence-corrected chi connectivity index (χ1v) is 7.59. The van der Waals surface area contributed by atoms with E-state index in [0.29, 0.717) is 17.5 Å². The summed E-state index contributed by atoms with van der Waals surface area (Å²) in [5.74, 6) is 1.18. The van der Waals surface area contributed by atoms with Crippen LogP contribution in [0.3, 0.4) is 0 Å². The number of hydrogen-bond donors (Lipinski definition) is 1. The van der Waals surface area contributed by atoms with Gasteiger partial charge in [0, 0.05) is 30.9 Å². The fourth-order valence-corrected chi connectivity index (χ4v) is 3.35. The number of piperidine rings is 1. The third-order valence-electron chi connectivity index (χ3n) is 3.79. The molecule has 3 nitrogen and oxygen atoms in total. The molecule has 0 amide bonds. The van der Waals surface area contributed by atoms with E-state index < -0.39 is 0 Å². The van der Waals surface area contributed by atoms with Crippen LogP contribution in [0.4, 0.5) is 0 Å². The van der Waals surface area contributed by atoms with Gasteiger partial charge in [-0.2, -0.15) is 0 Å². The van der Waals surface area contributed by atoms with Crippen LogP contribution in [0.15, 0.2) is 4.99 Å². The summed E-state index contributed by atoms with van der Waals surface area (Å²) in [6, 6.07) is 1.31. The third kappa shape index (κ3) is 3.62. The van der Waals surface area contributed by atoms with Crippen molar-refractivity contribution < 1.29 is 0 Å². The van der Waals surface area contributed by atoms with Crippen molar-refractivity contribution in [2.45, 2.75) is 45.7 Å². The van der Waals surface area contributed by atoms with Crippen LogP contribution in [-0.2, 0) is 0 Å². The minimum absolute atomic E-state index is 0.371. The van der Waals surface area contributed by atoms with E-state index in [1.165, 1.54) is 30.3 Å². The Morgan fingerprint density at radius 1 is 1.47 bits per heavy atom. The van der Waals surface area contributed by atoms with Gasteiger partial charge in [-0.1, -0.05) is 25.6 Å². The molecule has 0 radical (unpaired) electrons. The Morgan fingerprint density at radius 3 is 2.82 bits per heavy atom. The van der Waals surface area contributed by atoms with Crippen LogP contribution in [0, 0.1) is 5.41 Å². The van der Waals surface area contributed by atoms with Crippen molar-refractivity contribution in [1.82, 2.24) is 10.2 Å². The highest BCUT2D eigenvalue weighted by Gasteiger charge is 2.27. The molecule has 0 aromatic heterocycles. The van der Waals surface area contributed by atoms with Gasteiger partial charge >= 0.3 is 0 Å². The first-order valence-electron chi connectivity index (χ1n) is 6.60. The summed E-state index contributed by atoms with van der Waals surface area (Å²) in [6.45, 7) is 9.05. The minimum atomic E-state index is 0.371. The van der Waals surface area contributed by atoms with Gasteiger partial charge in [0.1, 0.15) is 0 Å². The molecular formula is C13H25N3S. The van der Waals surface area contributed by atoms with Crippen LogP contribution >= 0.6 is 11.8 Å². The molecule has 2 aliphatic heterocycles. The number of likely N-dealkylation sites (tertiary alicyclic amines) is 1.